The second kappa shape index (κ2) is 33.5. The molecule has 5 aromatic heterocycles. The number of rotatable bonds is 17. The Labute approximate surface area is 617 Å². The first kappa shape index (κ1) is 74.3. The van der Waals surface area contributed by atoms with Crippen molar-refractivity contribution in [2.75, 3.05) is 120 Å². The molecule has 3 saturated heterocycles. The zero-order valence-corrected chi connectivity index (χ0v) is 61.0. The number of furan rings is 2. The summed E-state index contributed by atoms with van der Waals surface area (Å²) in [6.07, 6.45) is 2.96. The molecule has 3 aliphatic heterocycles. The minimum Gasteiger partial charge on any atom is -0.497 e. The first-order valence-electron chi connectivity index (χ1n) is 35.8. The summed E-state index contributed by atoms with van der Waals surface area (Å²) < 4.78 is 36.5. The van der Waals surface area contributed by atoms with Crippen molar-refractivity contribution in [3.63, 3.8) is 0 Å². The van der Waals surface area contributed by atoms with Gasteiger partial charge in [0.2, 0.25) is 0 Å². The van der Waals surface area contributed by atoms with Crippen LogP contribution in [0.3, 0.4) is 0 Å². The molecule has 3 fully saturated rings. The van der Waals surface area contributed by atoms with Crippen LogP contribution in [-0.2, 0) is 34.3 Å². The molecule has 6 aromatic carbocycles. The van der Waals surface area contributed by atoms with E-state index in [0.29, 0.717) is 132 Å². The SMILES string of the molecule is CCOC(=O)c1c(N2CCN(C(=O)c3ccc(OC)cc3)CC2)c2ccccc2n(Cc2ccccc2)c1=O.CCOC(=O)c1c(N2CCN(C(=O)c3ccco3)CC2)c2cc(C)ccc2n(C)c1=O.CCOC(=O)c1c(N2CCN(C(=O)c3ccco3)CC2)c2cc(C)ccc2n(Cc2ccccc2)c1=O. The molecule has 0 spiro atoms. The fourth-order valence-electron chi connectivity index (χ4n) is 14.0. The minimum absolute atomic E-state index is 0.0291. The molecule has 0 saturated carbocycles. The summed E-state index contributed by atoms with van der Waals surface area (Å²) in [7, 11) is 3.25. The lowest BCUT2D eigenvalue weighted by Crippen LogP contribution is -2.49. The van der Waals surface area contributed by atoms with Crippen LogP contribution in [0.15, 0.2) is 206 Å². The fourth-order valence-corrected chi connectivity index (χ4v) is 14.0. The molecule has 24 heteroatoms. The van der Waals surface area contributed by atoms with Crippen LogP contribution in [0.1, 0.15) is 106 Å². The quantitative estimate of drug-likeness (QED) is 0.0607. The Morgan fingerprint density at radius 3 is 1.18 bits per heavy atom. The van der Waals surface area contributed by atoms with Gasteiger partial charge in [-0.1, -0.05) is 102 Å². The standard InChI is InChI=1S/C31H31N3O5.C29H29N3O5.C23H25N3O5/c1-3-39-31(37)27-28(32-17-19-33(20-18-32)29(35)23-13-15-24(38-2)16-14-23)25-11-7-8-12-26(25)34(30(27)36)21-22-9-5-4-6-10-22;1-3-36-29(35)25-26(30-13-15-31(16-14-30)27(33)24-10-7-17-37-24)22-18-20(2)11-12-23(22)32(28(25)34)19-21-8-5-4-6-9-21;1-4-30-23(29)19-20(16-14-15(2)7-8-17(16)24(3)22(19)28)25-9-11-26(12-10-25)21(27)18-6-5-13-31-18/h4-16H,3,17-21H2,1-2H3;4-12,17-18H,3,13-16,19H2,1-2H3;5-8,13-14H,4,9-12H2,1-3H3. The average molecular weight is 1450 g/mol. The van der Waals surface area contributed by atoms with Crippen molar-refractivity contribution < 1.29 is 56.5 Å². The van der Waals surface area contributed by atoms with E-state index in [9.17, 15) is 43.2 Å². The van der Waals surface area contributed by atoms with E-state index in [1.165, 1.54) is 17.1 Å². The van der Waals surface area contributed by atoms with Gasteiger partial charge < -0.3 is 70.9 Å². The summed E-state index contributed by atoms with van der Waals surface area (Å²) in [4.78, 5) is 130. The number of amides is 3. The molecule has 0 N–H and O–H groups in total. The number of aryl methyl sites for hydroxylation is 3. The van der Waals surface area contributed by atoms with E-state index in [4.69, 9.17) is 27.8 Å². The number of ether oxygens (including phenoxy) is 4. The van der Waals surface area contributed by atoms with Gasteiger partial charge in [0.1, 0.15) is 22.4 Å². The third-order valence-corrected chi connectivity index (χ3v) is 19.3. The topological polar surface area (TPSA) is 251 Å². The van der Waals surface area contributed by atoms with Crippen molar-refractivity contribution in [3.05, 3.63) is 269 Å². The lowest BCUT2D eigenvalue weighted by molar-refractivity contribution is 0.0514. The molecule has 107 heavy (non-hydrogen) atoms. The summed E-state index contributed by atoms with van der Waals surface area (Å²) in [6, 6.07) is 52.5. The molecular weight excluding hydrogens is 1360 g/mol. The predicted octanol–water partition coefficient (Wildman–Crippen LogP) is 10.9. The first-order valence-corrected chi connectivity index (χ1v) is 35.8. The molecule has 0 radical (unpaired) electrons. The largest absolute Gasteiger partial charge is 0.497 e. The highest BCUT2D eigenvalue weighted by Crippen LogP contribution is 2.36. The number of hydrogen-bond donors (Lipinski definition) is 0. The predicted molar refractivity (Wildman–Crippen MR) is 409 cm³/mol. The molecule has 3 amide bonds. The van der Waals surface area contributed by atoms with E-state index >= 15 is 0 Å². The van der Waals surface area contributed by atoms with E-state index in [1.807, 2.05) is 150 Å². The molecular formula is C83H85N9O15. The summed E-state index contributed by atoms with van der Waals surface area (Å²) in [6.45, 7) is 15.8. The molecule has 0 atom stereocenters. The Morgan fingerprint density at radius 1 is 0.393 bits per heavy atom. The maximum absolute atomic E-state index is 13.9. The van der Waals surface area contributed by atoms with Crippen molar-refractivity contribution in [2.45, 2.75) is 47.7 Å². The number of aromatic nitrogens is 3. The fraction of sp³-hybridized carbons (Fsp3) is 0.289. The van der Waals surface area contributed by atoms with Gasteiger partial charge in [-0.2, -0.15) is 0 Å². The number of carbonyl (C=O) groups is 6. The van der Waals surface area contributed by atoms with Crippen LogP contribution in [0.25, 0.3) is 32.7 Å². The summed E-state index contributed by atoms with van der Waals surface area (Å²) in [5.74, 6) is -1.02. The number of fused-ring (bicyclic) bond motifs is 3. The molecule has 24 nitrogen and oxygen atoms in total. The first-order chi connectivity index (χ1) is 51.9. The summed E-state index contributed by atoms with van der Waals surface area (Å²) in [5.41, 5.74) is 7.41. The highest BCUT2D eigenvalue weighted by atomic mass is 16.5. The van der Waals surface area contributed by atoms with Crippen LogP contribution in [0, 0.1) is 13.8 Å². The maximum Gasteiger partial charge on any atom is 0.345 e. The van der Waals surface area contributed by atoms with E-state index in [0.717, 1.165) is 55.0 Å². The van der Waals surface area contributed by atoms with Gasteiger partial charge in [0.25, 0.3) is 34.4 Å². The maximum atomic E-state index is 13.9. The number of benzene rings is 6. The Hall–Kier alpha value is -12.5. The minimum atomic E-state index is -0.637. The lowest BCUT2D eigenvalue weighted by Gasteiger charge is -2.37. The van der Waals surface area contributed by atoms with Gasteiger partial charge in [-0.25, -0.2) is 14.4 Å². The van der Waals surface area contributed by atoms with E-state index in [2.05, 4.69) is 0 Å². The van der Waals surface area contributed by atoms with Crippen molar-refractivity contribution in [3.8, 4) is 5.75 Å². The molecule has 0 bridgehead atoms. The number of methoxy groups -OCH3 is 1. The van der Waals surface area contributed by atoms with Crippen LogP contribution in [-0.4, -0.2) is 169 Å². The average Bonchev–Trinajstić information content (AvgIpc) is 1.15. The second-order valence-electron chi connectivity index (χ2n) is 26.0. The van der Waals surface area contributed by atoms with E-state index in [-0.39, 0.29) is 70.9 Å². The third-order valence-electron chi connectivity index (χ3n) is 19.3. The molecule has 0 unspecified atom stereocenters. The zero-order valence-electron chi connectivity index (χ0n) is 61.0. The highest BCUT2D eigenvalue weighted by molar-refractivity contribution is 6.08. The van der Waals surface area contributed by atoms with Crippen molar-refractivity contribution in [2.24, 2.45) is 7.05 Å². The second-order valence-corrected chi connectivity index (χ2v) is 26.0. The molecule has 3 aliphatic rings. The highest BCUT2D eigenvalue weighted by Gasteiger charge is 2.35. The van der Waals surface area contributed by atoms with Crippen LogP contribution in [0.4, 0.5) is 17.1 Å². The Morgan fingerprint density at radius 2 is 0.766 bits per heavy atom. The Balaban J connectivity index is 0.000000151. The van der Waals surface area contributed by atoms with Crippen LogP contribution >= 0.6 is 0 Å². The Kier molecular flexibility index (Phi) is 23.3. The summed E-state index contributed by atoms with van der Waals surface area (Å²) in [5, 5.41) is 2.42. The Bertz CT molecular complexity index is 5240. The van der Waals surface area contributed by atoms with Crippen LogP contribution in [0.2, 0.25) is 0 Å². The van der Waals surface area contributed by atoms with Gasteiger partial charge in [0.15, 0.2) is 11.5 Å². The number of esters is 3. The number of carbonyl (C=O) groups excluding carboxylic acids is 6. The van der Waals surface area contributed by atoms with Gasteiger partial charge >= 0.3 is 17.9 Å². The normalized spacial score (nSPS) is 13.7. The molecule has 0 aliphatic carbocycles. The van der Waals surface area contributed by atoms with E-state index < -0.39 is 17.9 Å². The molecule has 11 aromatic rings. The van der Waals surface area contributed by atoms with Gasteiger partial charge in [-0.05, 0) is 125 Å². The molecule has 552 valence electrons. The van der Waals surface area contributed by atoms with Crippen molar-refractivity contribution >= 4 is 85.4 Å². The van der Waals surface area contributed by atoms with Crippen LogP contribution < -0.4 is 36.1 Å². The monoisotopic (exact) mass is 1450 g/mol. The van der Waals surface area contributed by atoms with E-state index in [1.54, 1.807) is 107 Å². The number of anilines is 3. The van der Waals surface area contributed by atoms with Gasteiger partial charge in [0.05, 0.1) is 86.2 Å². The van der Waals surface area contributed by atoms with Gasteiger partial charge in [-0.3, -0.25) is 28.8 Å². The van der Waals surface area contributed by atoms with Crippen molar-refractivity contribution in [1.29, 1.82) is 0 Å². The van der Waals surface area contributed by atoms with Gasteiger partial charge in [-0.15, -0.1) is 0 Å². The van der Waals surface area contributed by atoms with Crippen molar-refractivity contribution in [1.82, 2.24) is 28.4 Å². The molecule has 14 rings (SSSR count). The third kappa shape index (κ3) is 16.0. The van der Waals surface area contributed by atoms with Crippen LogP contribution in [0.5, 0.6) is 5.75 Å². The smallest absolute Gasteiger partial charge is 0.345 e. The number of hydrogen-bond acceptors (Lipinski definition) is 18. The van der Waals surface area contributed by atoms with Gasteiger partial charge in [0, 0.05) is 107 Å². The summed E-state index contributed by atoms with van der Waals surface area (Å²) >= 11 is 0. The molecule has 8 heterocycles. The lowest BCUT2D eigenvalue weighted by atomic mass is 10.0. The number of nitrogens with zero attached hydrogens (tertiary/aromatic N) is 9. The zero-order chi connectivity index (χ0) is 75.4. The number of para-hydroxylation sites is 1. The number of piperazine rings is 3. The number of pyridine rings is 3.